The number of carbonyl (C=O) groups is 2. The number of hydrogen-bond acceptors (Lipinski definition) is 5. The summed E-state index contributed by atoms with van der Waals surface area (Å²) in [6, 6.07) is 2.15. The van der Waals surface area contributed by atoms with Gasteiger partial charge in [-0.15, -0.1) is 0 Å². The van der Waals surface area contributed by atoms with Gasteiger partial charge in [-0.1, -0.05) is 67.0 Å². The van der Waals surface area contributed by atoms with E-state index in [1.54, 1.807) is 0 Å². The van der Waals surface area contributed by atoms with Crippen molar-refractivity contribution in [2.45, 2.75) is 112 Å². The van der Waals surface area contributed by atoms with Gasteiger partial charge in [0.05, 0.1) is 11.8 Å². The Morgan fingerprint density at radius 1 is 1.03 bits per heavy atom. The van der Waals surface area contributed by atoms with Gasteiger partial charge in [-0.2, -0.15) is 5.26 Å². The zero-order chi connectivity index (χ0) is 29.4. The molecule has 0 bridgehead atoms. The van der Waals surface area contributed by atoms with Crippen molar-refractivity contribution >= 4 is 21.6 Å². The molecule has 0 amide bonds. The van der Waals surface area contributed by atoms with Crippen LogP contribution in [-0.4, -0.2) is 31.8 Å². The molecule has 216 valence electrons. The minimum atomic E-state index is -3.43. The maximum atomic E-state index is 13.4. The lowest BCUT2D eigenvalue weighted by Gasteiger charge is -2.63. The Bertz CT molecular complexity index is 1300. The number of nitrogens with one attached hydrogen (secondary N) is 1. The van der Waals surface area contributed by atoms with Gasteiger partial charge in [-0.3, -0.25) is 9.59 Å². The lowest BCUT2D eigenvalue weighted by atomic mass is 9.40. The molecule has 2 unspecified atom stereocenters. The van der Waals surface area contributed by atoms with Gasteiger partial charge in [0.25, 0.3) is 0 Å². The molecule has 6 nitrogen and oxygen atoms in total. The third-order valence-electron chi connectivity index (χ3n) is 11.9. The molecule has 0 aromatic heterocycles. The molecule has 0 aromatic carbocycles. The van der Waals surface area contributed by atoms with E-state index in [1.807, 2.05) is 26.0 Å². The molecular formula is C32H48N2O4S. The van der Waals surface area contributed by atoms with Crippen LogP contribution in [0, 0.1) is 50.2 Å². The maximum Gasteiger partial charge on any atom is 0.209 e. The second-order valence-electron chi connectivity index (χ2n) is 15.5. The lowest BCUT2D eigenvalue weighted by Crippen LogP contribution is -2.59. The molecule has 0 radical (unpaired) electrons. The third kappa shape index (κ3) is 4.78. The van der Waals surface area contributed by atoms with Crippen molar-refractivity contribution in [3.05, 3.63) is 23.3 Å². The second-order valence-corrected chi connectivity index (χ2v) is 17.2. The summed E-state index contributed by atoms with van der Waals surface area (Å²) in [7, 11) is -3.43. The van der Waals surface area contributed by atoms with Crippen molar-refractivity contribution in [1.29, 1.82) is 5.26 Å². The SMILES string of the molecule is CC1CC(C)(C)CC[C@@]1(CC[C@]1(C)CC(=O)C=C2[C@@]3(C)C=C(C#N)C(=O)C(C)(C)C3CC[C@]21C)NS(C)(=O)=O. The van der Waals surface area contributed by atoms with Crippen molar-refractivity contribution in [3.8, 4) is 6.07 Å². The van der Waals surface area contributed by atoms with Crippen LogP contribution in [0.3, 0.4) is 0 Å². The van der Waals surface area contributed by atoms with E-state index in [9.17, 15) is 23.3 Å². The summed E-state index contributed by atoms with van der Waals surface area (Å²) in [5.74, 6) is 0.144. The summed E-state index contributed by atoms with van der Waals surface area (Å²) >= 11 is 0. The molecule has 7 heteroatoms. The van der Waals surface area contributed by atoms with E-state index in [1.165, 1.54) is 6.26 Å². The quantitative estimate of drug-likeness (QED) is 0.429. The van der Waals surface area contributed by atoms with E-state index in [4.69, 9.17) is 0 Å². The molecule has 1 N–H and O–H groups in total. The highest BCUT2D eigenvalue weighted by Crippen LogP contribution is 2.69. The zero-order valence-corrected chi connectivity index (χ0v) is 26.3. The zero-order valence-electron chi connectivity index (χ0n) is 25.5. The summed E-state index contributed by atoms with van der Waals surface area (Å²) in [6.07, 6.45) is 11.1. The Morgan fingerprint density at radius 3 is 2.23 bits per heavy atom. The fraction of sp³-hybridized carbons (Fsp3) is 0.781. The van der Waals surface area contributed by atoms with E-state index in [2.05, 4.69) is 52.3 Å². The monoisotopic (exact) mass is 556 g/mol. The third-order valence-corrected chi connectivity index (χ3v) is 12.6. The average molecular weight is 557 g/mol. The summed E-state index contributed by atoms with van der Waals surface area (Å²) in [4.78, 5) is 26.6. The molecule has 0 spiro atoms. The van der Waals surface area contributed by atoms with Crippen molar-refractivity contribution in [1.82, 2.24) is 4.72 Å². The van der Waals surface area contributed by atoms with Gasteiger partial charge in [0, 0.05) is 22.8 Å². The number of fused-ring (bicyclic) bond motifs is 3. The molecule has 39 heavy (non-hydrogen) atoms. The first kappa shape index (κ1) is 30.2. The summed E-state index contributed by atoms with van der Waals surface area (Å²) in [5.41, 5.74) is -1.10. The first-order chi connectivity index (χ1) is 17.6. The normalized spacial score (nSPS) is 41.5. The standard InChI is InChI=1S/C32H48N2O4S/c1-21-17-27(2,3)12-14-32(21,34-39(9,37)38)15-13-29(6)19-23(35)16-25-30(7)18-22(20-33)26(36)28(4,5)24(30)10-11-31(25,29)8/h16,18,21,24,34H,10-15,17,19H2,1-9H3/t21?,24?,29-,30+,31-,32+/m1/s1. The van der Waals surface area contributed by atoms with Crippen LogP contribution in [0.25, 0.3) is 0 Å². The molecule has 4 rings (SSSR count). The van der Waals surface area contributed by atoms with Gasteiger partial charge < -0.3 is 0 Å². The van der Waals surface area contributed by atoms with Gasteiger partial charge in [-0.25, -0.2) is 13.1 Å². The van der Waals surface area contributed by atoms with E-state index < -0.39 is 26.4 Å². The predicted molar refractivity (Wildman–Crippen MR) is 154 cm³/mol. The average Bonchev–Trinajstić information content (AvgIpc) is 2.78. The van der Waals surface area contributed by atoms with Crippen molar-refractivity contribution in [2.75, 3.05) is 6.26 Å². The maximum absolute atomic E-state index is 13.4. The van der Waals surface area contributed by atoms with Crippen LogP contribution in [0.15, 0.2) is 23.3 Å². The number of hydrogen-bond donors (Lipinski definition) is 1. The molecule has 0 heterocycles. The Labute approximate surface area is 236 Å². The first-order valence-electron chi connectivity index (χ1n) is 14.6. The molecule has 6 atom stereocenters. The van der Waals surface area contributed by atoms with Crippen LogP contribution in [0.5, 0.6) is 0 Å². The summed E-state index contributed by atoms with van der Waals surface area (Å²) < 4.78 is 28.3. The highest BCUT2D eigenvalue weighted by atomic mass is 32.2. The Hall–Kier alpha value is -1.78. The smallest absolute Gasteiger partial charge is 0.209 e. The highest BCUT2D eigenvalue weighted by molar-refractivity contribution is 7.88. The summed E-state index contributed by atoms with van der Waals surface area (Å²) in [5, 5.41) is 9.84. The second kappa shape index (κ2) is 9.11. The van der Waals surface area contributed by atoms with Crippen LogP contribution < -0.4 is 4.72 Å². The molecule has 0 aliphatic heterocycles. The van der Waals surface area contributed by atoms with Gasteiger partial charge >= 0.3 is 0 Å². The molecule has 4 aliphatic rings. The number of nitriles is 1. The number of sulfonamides is 1. The number of rotatable bonds is 5. The fourth-order valence-corrected chi connectivity index (χ4v) is 10.5. The van der Waals surface area contributed by atoms with Crippen LogP contribution >= 0.6 is 0 Å². The summed E-state index contributed by atoms with van der Waals surface area (Å²) in [6.45, 7) is 17.2. The minimum absolute atomic E-state index is 0.00270. The number of ketones is 2. The molecule has 0 saturated heterocycles. The van der Waals surface area contributed by atoms with Gasteiger partial charge in [-0.05, 0) is 79.1 Å². The van der Waals surface area contributed by atoms with Crippen molar-refractivity contribution in [3.63, 3.8) is 0 Å². The molecule has 4 aliphatic carbocycles. The Kier molecular flexibility index (Phi) is 7.05. The van der Waals surface area contributed by atoms with E-state index in [0.29, 0.717) is 12.8 Å². The minimum Gasteiger partial charge on any atom is -0.295 e. The number of carbonyl (C=O) groups excluding carboxylic acids is 2. The van der Waals surface area contributed by atoms with Crippen LogP contribution in [-0.2, 0) is 19.6 Å². The largest absolute Gasteiger partial charge is 0.295 e. The van der Waals surface area contributed by atoms with E-state index in [-0.39, 0.29) is 45.2 Å². The fourth-order valence-electron chi connectivity index (χ4n) is 9.37. The Morgan fingerprint density at radius 2 is 1.67 bits per heavy atom. The van der Waals surface area contributed by atoms with Crippen LogP contribution in [0.1, 0.15) is 107 Å². The highest BCUT2D eigenvalue weighted by Gasteiger charge is 2.63. The van der Waals surface area contributed by atoms with Gasteiger partial charge in [0.1, 0.15) is 6.07 Å². The first-order valence-corrected chi connectivity index (χ1v) is 16.5. The topological polar surface area (TPSA) is 104 Å². The molecule has 0 aromatic rings. The lowest BCUT2D eigenvalue weighted by molar-refractivity contribution is -0.133. The van der Waals surface area contributed by atoms with Crippen LogP contribution in [0.4, 0.5) is 0 Å². The molecule has 2 fully saturated rings. The van der Waals surface area contributed by atoms with E-state index >= 15 is 0 Å². The van der Waals surface area contributed by atoms with Crippen LogP contribution in [0.2, 0.25) is 0 Å². The van der Waals surface area contributed by atoms with Crippen molar-refractivity contribution in [2.24, 2.45) is 38.9 Å². The van der Waals surface area contributed by atoms with Gasteiger partial charge in [0.15, 0.2) is 11.6 Å². The van der Waals surface area contributed by atoms with E-state index in [0.717, 1.165) is 44.1 Å². The number of allylic oxidation sites excluding steroid dienone is 4. The van der Waals surface area contributed by atoms with Gasteiger partial charge in [0.2, 0.25) is 10.0 Å². The molecule has 2 saturated carbocycles. The molecular weight excluding hydrogens is 508 g/mol. The Balaban J connectivity index is 1.75. The van der Waals surface area contributed by atoms with Crippen molar-refractivity contribution < 1.29 is 18.0 Å². The predicted octanol–water partition coefficient (Wildman–Crippen LogP) is 6.29. The number of Topliss-reactive ketones (excluding diaryl/α,β-unsaturated/α-hetero) is 1. The number of nitrogens with zero attached hydrogens (tertiary/aromatic N) is 1.